The van der Waals surface area contributed by atoms with E-state index in [4.69, 9.17) is 4.74 Å². The molecule has 1 aliphatic heterocycles. The molecule has 0 aromatic carbocycles. The van der Waals surface area contributed by atoms with E-state index in [9.17, 15) is 0 Å². The minimum absolute atomic E-state index is 0.416. The van der Waals surface area contributed by atoms with Gasteiger partial charge in [-0.1, -0.05) is 0 Å². The van der Waals surface area contributed by atoms with Gasteiger partial charge in [0.2, 0.25) is 0 Å². The summed E-state index contributed by atoms with van der Waals surface area (Å²) in [6.07, 6.45) is 0.416. The average Bonchev–Trinajstić information content (AvgIpc) is 1.59. The number of likely N-dealkylation sites (N-methyl/N-ethyl adjacent to an activating group) is 1. The second-order valence-corrected chi connectivity index (χ2v) is 2.98. The molecule has 0 aromatic rings. The molecule has 0 radical (unpaired) electrons. The van der Waals surface area contributed by atoms with Crippen molar-refractivity contribution in [3.05, 3.63) is 0 Å². The molecule has 0 amide bonds. The van der Waals surface area contributed by atoms with E-state index >= 15 is 0 Å². The Labute approximate surface area is 57.6 Å². The van der Waals surface area contributed by atoms with Gasteiger partial charge in [-0.25, -0.2) is 0 Å². The van der Waals surface area contributed by atoms with Crippen molar-refractivity contribution in [3.63, 3.8) is 0 Å². The van der Waals surface area contributed by atoms with Crippen LogP contribution in [0.5, 0.6) is 0 Å². The molecule has 0 aliphatic carbocycles. The first kappa shape index (κ1) is 7.10. The molecular formula is C6H14BNO. The van der Waals surface area contributed by atoms with Gasteiger partial charge in [-0.3, -0.25) is 0 Å². The van der Waals surface area contributed by atoms with E-state index in [1.54, 1.807) is 0 Å². The van der Waals surface area contributed by atoms with Crippen molar-refractivity contribution >= 4 is 7.85 Å². The SMILES string of the molecule is BC1CN(C)CC(C)O1. The smallest absolute Gasteiger partial charge is 0.140 e. The van der Waals surface area contributed by atoms with Crippen LogP contribution < -0.4 is 0 Å². The van der Waals surface area contributed by atoms with Crippen LogP contribution in [0.2, 0.25) is 0 Å². The predicted molar refractivity (Wildman–Crippen MR) is 40.4 cm³/mol. The molecular weight excluding hydrogens is 113 g/mol. The van der Waals surface area contributed by atoms with Gasteiger partial charge < -0.3 is 9.64 Å². The van der Waals surface area contributed by atoms with Gasteiger partial charge in [0.15, 0.2) is 0 Å². The molecule has 1 aliphatic rings. The van der Waals surface area contributed by atoms with Crippen LogP contribution in [0.15, 0.2) is 0 Å². The molecule has 2 nitrogen and oxygen atoms in total. The monoisotopic (exact) mass is 127 g/mol. The highest BCUT2D eigenvalue weighted by molar-refractivity contribution is 6.11. The van der Waals surface area contributed by atoms with Gasteiger partial charge in [0.25, 0.3) is 0 Å². The lowest BCUT2D eigenvalue weighted by Gasteiger charge is -2.32. The van der Waals surface area contributed by atoms with Crippen molar-refractivity contribution in [2.45, 2.75) is 19.0 Å². The number of ether oxygens (including phenoxy) is 1. The Balaban J connectivity index is 2.34. The maximum absolute atomic E-state index is 5.51. The Morgan fingerprint density at radius 3 is 2.67 bits per heavy atom. The standard InChI is InChI=1S/C6H14BNO/c1-5-3-8(2)4-6(7)9-5/h5-6H,3-4,7H2,1-2H3. The first-order valence-corrected chi connectivity index (χ1v) is 3.52. The van der Waals surface area contributed by atoms with Gasteiger partial charge in [0.1, 0.15) is 7.85 Å². The molecule has 0 aromatic heterocycles. The van der Waals surface area contributed by atoms with E-state index in [2.05, 4.69) is 26.7 Å². The lowest BCUT2D eigenvalue weighted by atomic mass is 9.98. The van der Waals surface area contributed by atoms with Crippen molar-refractivity contribution in [2.24, 2.45) is 0 Å². The van der Waals surface area contributed by atoms with E-state index in [1.807, 2.05) is 0 Å². The van der Waals surface area contributed by atoms with Gasteiger partial charge in [-0.05, 0) is 14.0 Å². The lowest BCUT2D eigenvalue weighted by Crippen LogP contribution is -2.44. The molecule has 0 bridgehead atoms. The quantitative estimate of drug-likeness (QED) is 0.399. The zero-order valence-corrected chi connectivity index (χ0v) is 6.42. The summed E-state index contributed by atoms with van der Waals surface area (Å²) >= 11 is 0. The summed E-state index contributed by atoms with van der Waals surface area (Å²) in [5.41, 5.74) is 0. The molecule has 2 unspecified atom stereocenters. The van der Waals surface area contributed by atoms with E-state index < -0.39 is 0 Å². The molecule has 1 heterocycles. The minimum Gasteiger partial charge on any atom is -0.382 e. The average molecular weight is 127 g/mol. The summed E-state index contributed by atoms with van der Waals surface area (Å²) in [6, 6.07) is 0.416. The van der Waals surface area contributed by atoms with E-state index in [0.717, 1.165) is 13.1 Å². The molecule has 0 saturated carbocycles. The number of rotatable bonds is 0. The van der Waals surface area contributed by atoms with Crippen molar-refractivity contribution in [1.82, 2.24) is 4.90 Å². The molecule has 9 heavy (non-hydrogen) atoms. The van der Waals surface area contributed by atoms with Crippen molar-refractivity contribution in [1.29, 1.82) is 0 Å². The van der Waals surface area contributed by atoms with Crippen LogP contribution in [0.1, 0.15) is 6.92 Å². The van der Waals surface area contributed by atoms with Gasteiger partial charge in [0.05, 0.1) is 6.10 Å². The van der Waals surface area contributed by atoms with Gasteiger partial charge in [-0.15, -0.1) is 0 Å². The summed E-state index contributed by atoms with van der Waals surface area (Å²) in [7, 11) is 4.25. The summed E-state index contributed by atoms with van der Waals surface area (Å²) in [5, 5.41) is 0. The lowest BCUT2D eigenvalue weighted by molar-refractivity contribution is -0.0311. The molecule has 0 N–H and O–H groups in total. The highest BCUT2D eigenvalue weighted by atomic mass is 16.5. The Morgan fingerprint density at radius 2 is 2.22 bits per heavy atom. The van der Waals surface area contributed by atoms with E-state index in [1.165, 1.54) is 0 Å². The molecule has 2 atom stereocenters. The van der Waals surface area contributed by atoms with Crippen LogP contribution in [-0.4, -0.2) is 45.0 Å². The zero-order valence-electron chi connectivity index (χ0n) is 6.42. The van der Waals surface area contributed by atoms with Crippen LogP contribution in [0.3, 0.4) is 0 Å². The van der Waals surface area contributed by atoms with Gasteiger partial charge >= 0.3 is 0 Å². The van der Waals surface area contributed by atoms with Crippen LogP contribution in [0, 0.1) is 0 Å². The Bertz CT molecular complexity index is 74.0. The fraction of sp³-hybridized carbons (Fsp3) is 1.00. The Morgan fingerprint density at radius 1 is 1.56 bits per heavy atom. The maximum Gasteiger partial charge on any atom is 0.140 e. The van der Waals surface area contributed by atoms with Crippen molar-refractivity contribution < 1.29 is 4.74 Å². The molecule has 0 spiro atoms. The Hall–Kier alpha value is -0.0151. The Kier molecular flexibility index (Phi) is 2.14. The fourth-order valence-corrected chi connectivity index (χ4v) is 1.44. The number of hydrogen-bond acceptors (Lipinski definition) is 2. The van der Waals surface area contributed by atoms with E-state index in [-0.39, 0.29) is 0 Å². The third kappa shape index (κ3) is 1.99. The van der Waals surface area contributed by atoms with Gasteiger partial charge in [0, 0.05) is 19.1 Å². The van der Waals surface area contributed by atoms with Crippen LogP contribution in [0.4, 0.5) is 0 Å². The number of morpholine rings is 1. The van der Waals surface area contributed by atoms with E-state index in [0.29, 0.717) is 12.1 Å². The van der Waals surface area contributed by atoms with Crippen LogP contribution >= 0.6 is 0 Å². The predicted octanol–water partition coefficient (Wildman–Crippen LogP) is -0.704. The fourth-order valence-electron chi connectivity index (χ4n) is 1.44. The summed E-state index contributed by atoms with van der Waals surface area (Å²) in [6.45, 7) is 4.26. The molecule has 3 heteroatoms. The molecule has 1 rings (SSSR count). The number of hydrogen-bond donors (Lipinski definition) is 0. The van der Waals surface area contributed by atoms with Gasteiger partial charge in [-0.2, -0.15) is 0 Å². The topological polar surface area (TPSA) is 12.5 Å². The third-order valence-electron chi connectivity index (χ3n) is 1.60. The summed E-state index contributed by atoms with van der Waals surface area (Å²) < 4.78 is 5.51. The first-order valence-electron chi connectivity index (χ1n) is 3.52. The summed E-state index contributed by atoms with van der Waals surface area (Å²) in [4.78, 5) is 2.30. The maximum atomic E-state index is 5.51. The molecule has 1 fully saturated rings. The third-order valence-corrected chi connectivity index (χ3v) is 1.60. The van der Waals surface area contributed by atoms with Crippen molar-refractivity contribution in [3.8, 4) is 0 Å². The van der Waals surface area contributed by atoms with Crippen molar-refractivity contribution in [2.75, 3.05) is 20.1 Å². The highest BCUT2D eigenvalue weighted by Crippen LogP contribution is 2.05. The normalized spacial score (nSPS) is 38.9. The zero-order chi connectivity index (χ0) is 6.85. The van der Waals surface area contributed by atoms with Crippen LogP contribution in [-0.2, 0) is 4.74 Å². The number of nitrogens with zero attached hydrogens (tertiary/aromatic N) is 1. The summed E-state index contributed by atoms with van der Waals surface area (Å²) in [5.74, 6) is 0. The first-order chi connectivity index (χ1) is 4.18. The largest absolute Gasteiger partial charge is 0.382 e. The molecule has 52 valence electrons. The molecule has 1 saturated heterocycles. The van der Waals surface area contributed by atoms with Crippen LogP contribution in [0.25, 0.3) is 0 Å². The minimum atomic E-state index is 0.416. The second-order valence-electron chi connectivity index (χ2n) is 2.98. The highest BCUT2D eigenvalue weighted by Gasteiger charge is 2.18. The second kappa shape index (κ2) is 2.71.